The van der Waals surface area contributed by atoms with Crippen molar-refractivity contribution in [2.45, 2.75) is 0 Å². The molecule has 5 heteroatoms. The van der Waals surface area contributed by atoms with Crippen LogP contribution in [-0.4, -0.2) is 11.9 Å². The smallest absolute Gasteiger partial charge is 0.363 e. The van der Waals surface area contributed by atoms with Gasteiger partial charge in [-0.05, 0) is 24.3 Å². The topological polar surface area (TPSA) is 51.8 Å². The first kappa shape index (κ1) is 11.4. The summed E-state index contributed by atoms with van der Waals surface area (Å²) in [5.41, 5.74) is 0.315. The summed E-state index contributed by atoms with van der Waals surface area (Å²) in [5.74, 6) is -0.623. The third kappa shape index (κ3) is 2.18. The zero-order valence-electron chi connectivity index (χ0n) is 9.67. The van der Waals surface area contributed by atoms with E-state index in [2.05, 4.69) is 4.99 Å². The normalized spacial score (nSPS) is 16.6. The summed E-state index contributed by atoms with van der Waals surface area (Å²) in [7, 11) is 0. The Morgan fingerprint density at radius 1 is 1.16 bits per heavy atom. The fourth-order valence-electron chi connectivity index (χ4n) is 1.65. The van der Waals surface area contributed by atoms with E-state index in [9.17, 15) is 9.18 Å². The minimum atomic E-state index is -0.630. The lowest BCUT2D eigenvalue weighted by Gasteiger charge is -1.95. The van der Waals surface area contributed by atoms with E-state index in [1.807, 2.05) is 0 Å². The van der Waals surface area contributed by atoms with Gasteiger partial charge in [-0.2, -0.15) is 0 Å². The van der Waals surface area contributed by atoms with Crippen LogP contribution in [0.4, 0.5) is 4.39 Å². The molecule has 0 saturated carbocycles. The largest absolute Gasteiger partial charge is 0.459 e. The molecule has 1 aromatic carbocycles. The molecule has 0 unspecified atom stereocenters. The van der Waals surface area contributed by atoms with E-state index in [0.29, 0.717) is 5.76 Å². The van der Waals surface area contributed by atoms with Crippen LogP contribution < -0.4 is 0 Å². The molecule has 0 N–H and O–H groups in total. The van der Waals surface area contributed by atoms with Crippen LogP contribution in [0, 0.1) is 5.82 Å². The van der Waals surface area contributed by atoms with Crippen LogP contribution in [0.1, 0.15) is 11.3 Å². The molecular weight excluding hydrogens is 249 g/mol. The zero-order chi connectivity index (χ0) is 13.2. The van der Waals surface area contributed by atoms with Gasteiger partial charge in [0.05, 0.1) is 6.26 Å². The number of esters is 1. The molecule has 19 heavy (non-hydrogen) atoms. The Morgan fingerprint density at radius 2 is 2.00 bits per heavy atom. The molecule has 4 nitrogen and oxygen atoms in total. The Labute approximate surface area is 107 Å². The molecule has 0 spiro atoms. The van der Waals surface area contributed by atoms with E-state index < -0.39 is 11.8 Å². The number of furan rings is 1. The first-order chi connectivity index (χ1) is 9.24. The first-order valence-corrected chi connectivity index (χ1v) is 5.55. The minimum absolute atomic E-state index is 0.0384. The summed E-state index contributed by atoms with van der Waals surface area (Å²) in [4.78, 5) is 15.6. The molecule has 0 fully saturated rings. The van der Waals surface area contributed by atoms with Crippen molar-refractivity contribution in [3.05, 3.63) is 65.5 Å². The van der Waals surface area contributed by atoms with Gasteiger partial charge >= 0.3 is 5.97 Å². The molecular formula is C14H8FNO3. The van der Waals surface area contributed by atoms with Crippen LogP contribution in [0.2, 0.25) is 0 Å². The highest BCUT2D eigenvalue weighted by Crippen LogP contribution is 2.20. The fourth-order valence-corrected chi connectivity index (χ4v) is 1.65. The summed E-state index contributed by atoms with van der Waals surface area (Å²) >= 11 is 0. The average Bonchev–Trinajstić information content (AvgIpc) is 3.02. The Hall–Kier alpha value is -2.69. The lowest BCUT2D eigenvalue weighted by atomic mass is 10.2. The highest BCUT2D eigenvalue weighted by molar-refractivity contribution is 6.11. The van der Waals surface area contributed by atoms with Crippen LogP contribution in [0.25, 0.3) is 6.08 Å². The molecule has 0 saturated heterocycles. The van der Waals surface area contributed by atoms with Gasteiger partial charge in [-0.1, -0.05) is 18.2 Å². The molecule has 94 valence electrons. The van der Waals surface area contributed by atoms with Gasteiger partial charge in [0, 0.05) is 5.56 Å². The van der Waals surface area contributed by atoms with Crippen molar-refractivity contribution in [2.75, 3.05) is 0 Å². The van der Waals surface area contributed by atoms with Crippen molar-refractivity contribution in [3.63, 3.8) is 0 Å². The number of halogens is 1. The van der Waals surface area contributed by atoms with Crippen LogP contribution in [0.3, 0.4) is 0 Å². The van der Waals surface area contributed by atoms with Crippen LogP contribution in [0.15, 0.2) is 57.8 Å². The molecule has 1 aliphatic heterocycles. The quantitative estimate of drug-likeness (QED) is 0.614. The summed E-state index contributed by atoms with van der Waals surface area (Å²) < 4.78 is 23.5. The lowest BCUT2D eigenvalue weighted by Crippen LogP contribution is -2.04. The number of hydrogen-bond donors (Lipinski definition) is 0. The Kier molecular flexibility index (Phi) is 2.72. The maximum atomic E-state index is 13.5. The second-order valence-electron chi connectivity index (χ2n) is 3.83. The van der Waals surface area contributed by atoms with Gasteiger partial charge in [0.1, 0.15) is 5.82 Å². The van der Waals surface area contributed by atoms with E-state index in [1.54, 1.807) is 30.3 Å². The SMILES string of the molecule is O=C1OC(c2ccco2)=N/C1=C/c1ccccc1F. The van der Waals surface area contributed by atoms with E-state index in [0.717, 1.165) is 0 Å². The second-order valence-corrected chi connectivity index (χ2v) is 3.83. The van der Waals surface area contributed by atoms with Gasteiger partial charge in [0.15, 0.2) is 11.5 Å². The summed E-state index contributed by atoms with van der Waals surface area (Å²) in [6.45, 7) is 0. The van der Waals surface area contributed by atoms with Crippen molar-refractivity contribution >= 4 is 17.9 Å². The predicted molar refractivity (Wildman–Crippen MR) is 65.7 cm³/mol. The molecule has 0 atom stereocenters. The molecule has 0 amide bonds. The fraction of sp³-hybridized carbons (Fsp3) is 0. The van der Waals surface area contributed by atoms with E-state index in [-0.39, 0.29) is 17.2 Å². The average molecular weight is 257 g/mol. The molecule has 0 radical (unpaired) electrons. The summed E-state index contributed by atoms with van der Waals surface area (Å²) in [5, 5.41) is 0. The molecule has 3 rings (SSSR count). The Balaban J connectivity index is 1.98. The Bertz CT molecular complexity index is 686. The van der Waals surface area contributed by atoms with Crippen molar-refractivity contribution in [2.24, 2.45) is 4.99 Å². The Morgan fingerprint density at radius 3 is 2.74 bits per heavy atom. The number of carbonyl (C=O) groups excluding carboxylic acids is 1. The molecule has 0 aliphatic carbocycles. The number of rotatable bonds is 2. The standard InChI is InChI=1S/C14H8FNO3/c15-10-5-2-1-4-9(10)8-11-14(17)19-13(16-11)12-6-3-7-18-12/h1-8H/b11-8+. The number of aliphatic imine (C=N–C) groups is 1. The maximum Gasteiger partial charge on any atom is 0.363 e. The lowest BCUT2D eigenvalue weighted by molar-refractivity contribution is -0.130. The third-order valence-electron chi connectivity index (χ3n) is 2.55. The minimum Gasteiger partial charge on any atom is -0.459 e. The molecule has 1 aliphatic rings. The second kappa shape index (κ2) is 4.53. The highest BCUT2D eigenvalue weighted by Gasteiger charge is 2.25. The number of hydrogen-bond acceptors (Lipinski definition) is 4. The van der Waals surface area contributed by atoms with E-state index >= 15 is 0 Å². The van der Waals surface area contributed by atoms with E-state index in [1.165, 1.54) is 18.4 Å². The van der Waals surface area contributed by atoms with Crippen LogP contribution in [-0.2, 0) is 9.53 Å². The number of ether oxygens (including phenoxy) is 1. The molecule has 2 aromatic rings. The first-order valence-electron chi connectivity index (χ1n) is 5.55. The van der Waals surface area contributed by atoms with Crippen molar-refractivity contribution in [1.29, 1.82) is 0 Å². The van der Waals surface area contributed by atoms with Gasteiger partial charge in [0.2, 0.25) is 0 Å². The third-order valence-corrected chi connectivity index (χ3v) is 2.55. The number of benzene rings is 1. The van der Waals surface area contributed by atoms with Crippen molar-refractivity contribution in [3.8, 4) is 0 Å². The van der Waals surface area contributed by atoms with Gasteiger partial charge in [0.25, 0.3) is 5.90 Å². The van der Waals surface area contributed by atoms with Gasteiger partial charge < -0.3 is 9.15 Å². The molecule has 0 bridgehead atoms. The van der Waals surface area contributed by atoms with E-state index in [4.69, 9.17) is 9.15 Å². The number of cyclic esters (lactones) is 1. The van der Waals surface area contributed by atoms with Crippen LogP contribution >= 0.6 is 0 Å². The van der Waals surface area contributed by atoms with Crippen molar-refractivity contribution < 1.29 is 18.3 Å². The number of carbonyl (C=O) groups is 1. The van der Waals surface area contributed by atoms with Crippen molar-refractivity contribution in [1.82, 2.24) is 0 Å². The van der Waals surface area contributed by atoms with Crippen LogP contribution in [0.5, 0.6) is 0 Å². The maximum absolute atomic E-state index is 13.5. The van der Waals surface area contributed by atoms with Gasteiger partial charge in [-0.25, -0.2) is 14.2 Å². The zero-order valence-corrected chi connectivity index (χ0v) is 9.67. The molecule has 2 heterocycles. The summed E-state index contributed by atoms with van der Waals surface area (Å²) in [6, 6.07) is 9.39. The monoisotopic (exact) mass is 257 g/mol. The number of nitrogens with zero attached hydrogens (tertiary/aromatic N) is 1. The van der Waals surface area contributed by atoms with Gasteiger partial charge in [-0.15, -0.1) is 0 Å². The summed E-state index contributed by atoms with van der Waals surface area (Å²) in [6.07, 6.45) is 2.79. The van der Waals surface area contributed by atoms with Gasteiger partial charge in [-0.3, -0.25) is 0 Å². The molecule has 1 aromatic heterocycles. The highest BCUT2D eigenvalue weighted by atomic mass is 19.1. The predicted octanol–water partition coefficient (Wildman–Crippen LogP) is 2.76.